The molecule has 136 valence electrons. The second-order valence-electron chi connectivity index (χ2n) is 5.74. The molecule has 1 N–H and O–H groups in total. The van der Waals surface area contributed by atoms with Gasteiger partial charge < -0.3 is 5.32 Å². The quantitative estimate of drug-likeness (QED) is 0.813. The van der Waals surface area contributed by atoms with Gasteiger partial charge in [0.2, 0.25) is 10.0 Å². The van der Waals surface area contributed by atoms with Gasteiger partial charge >= 0.3 is 6.18 Å². The molecule has 0 unspecified atom stereocenters. The van der Waals surface area contributed by atoms with Crippen molar-refractivity contribution in [2.24, 2.45) is 0 Å². The van der Waals surface area contributed by atoms with Crippen molar-refractivity contribution < 1.29 is 26.0 Å². The van der Waals surface area contributed by atoms with Crippen LogP contribution in [-0.4, -0.2) is 38.4 Å². The van der Waals surface area contributed by atoms with Gasteiger partial charge in [0.25, 0.3) is 0 Å². The van der Waals surface area contributed by atoms with Crippen LogP contribution < -0.4 is 5.32 Å². The van der Waals surface area contributed by atoms with Crippen molar-refractivity contribution in [1.82, 2.24) is 9.62 Å². The number of benzene rings is 1. The van der Waals surface area contributed by atoms with E-state index in [-0.39, 0.29) is 18.7 Å². The Hall–Kier alpha value is -1.19. The number of sulfonamides is 1. The van der Waals surface area contributed by atoms with E-state index in [1.165, 1.54) is 0 Å². The molecular weight excluding hydrogens is 348 g/mol. The summed E-state index contributed by atoms with van der Waals surface area (Å²) in [6.45, 7) is 3.10. The lowest BCUT2D eigenvalue weighted by atomic mass is 10.1. The van der Waals surface area contributed by atoms with E-state index in [0.717, 1.165) is 10.4 Å². The third-order valence-corrected chi connectivity index (χ3v) is 6.00. The predicted octanol–water partition coefficient (Wildman–Crippen LogP) is 3.00. The molecular formula is C15H20F4N2O2S. The third-order valence-electron chi connectivity index (χ3n) is 3.99. The Balaban J connectivity index is 2.51. The molecule has 9 heteroatoms. The van der Waals surface area contributed by atoms with Crippen LogP contribution in [0.15, 0.2) is 23.1 Å². The molecule has 1 aromatic carbocycles. The molecule has 0 saturated carbocycles. The van der Waals surface area contributed by atoms with Crippen molar-refractivity contribution >= 4 is 10.0 Å². The summed E-state index contributed by atoms with van der Waals surface area (Å²) >= 11 is 0. The topological polar surface area (TPSA) is 49.4 Å². The summed E-state index contributed by atoms with van der Waals surface area (Å²) in [6, 6.07) is 1.33. The summed E-state index contributed by atoms with van der Waals surface area (Å²) in [5.74, 6) is -1.12. The number of nitrogens with one attached hydrogen (secondary N) is 1. The van der Waals surface area contributed by atoms with E-state index in [9.17, 15) is 26.0 Å². The van der Waals surface area contributed by atoms with E-state index >= 15 is 0 Å². The van der Waals surface area contributed by atoms with Crippen molar-refractivity contribution in [2.45, 2.75) is 43.3 Å². The lowest BCUT2D eigenvalue weighted by Gasteiger charge is -2.34. The first-order valence-electron chi connectivity index (χ1n) is 7.77. The van der Waals surface area contributed by atoms with Crippen LogP contribution in [0.2, 0.25) is 0 Å². The van der Waals surface area contributed by atoms with Gasteiger partial charge in [0, 0.05) is 12.6 Å². The summed E-state index contributed by atoms with van der Waals surface area (Å²) in [4.78, 5) is -0.886. The van der Waals surface area contributed by atoms with Gasteiger partial charge in [-0.25, -0.2) is 12.8 Å². The minimum Gasteiger partial charge on any atom is -0.317 e. The molecule has 0 spiro atoms. The molecule has 2 rings (SSSR count). The van der Waals surface area contributed by atoms with Crippen LogP contribution in [0.1, 0.15) is 31.7 Å². The number of piperidine rings is 1. The maximum Gasteiger partial charge on any atom is 0.417 e. The van der Waals surface area contributed by atoms with Crippen LogP contribution in [0.5, 0.6) is 0 Å². The van der Waals surface area contributed by atoms with Gasteiger partial charge in [-0.15, -0.1) is 0 Å². The van der Waals surface area contributed by atoms with E-state index in [4.69, 9.17) is 0 Å². The number of nitrogens with zero attached hydrogens (tertiary/aromatic N) is 1. The standard InChI is InChI=1S/C15H20F4N2O2S/c1-2-9-21(12-5-7-20-8-6-12)24(22,23)14-4-3-11(16)10-13(14)15(17,18)19/h3-4,10,12,20H,2,5-9H2,1H3. The molecule has 0 aliphatic carbocycles. The van der Waals surface area contributed by atoms with Crippen molar-refractivity contribution in [1.29, 1.82) is 0 Å². The Labute approximate surface area is 138 Å². The molecule has 0 bridgehead atoms. The van der Waals surface area contributed by atoms with Crippen LogP contribution in [0.4, 0.5) is 17.6 Å². The van der Waals surface area contributed by atoms with Gasteiger partial charge in [-0.3, -0.25) is 0 Å². The predicted molar refractivity (Wildman–Crippen MR) is 81.5 cm³/mol. The highest BCUT2D eigenvalue weighted by atomic mass is 32.2. The van der Waals surface area contributed by atoms with Gasteiger partial charge in [0.15, 0.2) is 0 Å². The highest BCUT2D eigenvalue weighted by Gasteiger charge is 2.41. The SMILES string of the molecule is CCCN(C1CCNCC1)S(=O)(=O)c1ccc(F)cc1C(F)(F)F. The Bertz CT molecular complexity index is 671. The number of alkyl halides is 3. The average Bonchev–Trinajstić information content (AvgIpc) is 2.52. The minimum absolute atomic E-state index is 0.127. The Morgan fingerprint density at radius 3 is 2.42 bits per heavy atom. The second kappa shape index (κ2) is 7.37. The normalized spacial score (nSPS) is 17.4. The zero-order valence-electron chi connectivity index (χ0n) is 13.2. The van der Waals surface area contributed by atoms with Crippen LogP contribution in [0.25, 0.3) is 0 Å². The molecule has 4 nitrogen and oxygen atoms in total. The molecule has 1 heterocycles. The molecule has 1 saturated heterocycles. The third kappa shape index (κ3) is 4.07. The first kappa shape index (κ1) is 19.1. The van der Waals surface area contributed by atoms with Crippen LogP contribution in [0.3, 0.4) is 0 Å². The summed E-state index contributed by atoms with van der Waals surface area (Å²) in [6.07, 6.45) is -3.41. The van der Waals surface area contributed by atoms with Gasteiger partial charge in [-0.1, -0.05) is 6.92 Å². The maximum atomic E-state index is 13.3. The van der Waals surface area contributed by atoms with Crippen molar-refractivity contribution in [2.75, 3.05) is 19.6 Å². The summed E-state index contributed by atoms with van der Waals surface area (Å²) in [5.41, 5.74) is -1.46. The molecule has 1 aliphatic heterocycles. The highest BCUT2D eigenvalue weighted by molar-refractivity contribution is 7.89. The average molecular weight is 368 g/mol. The van der Waals surface area contributed by atoms with E-state index in [1.54, 1.807) is 6.92 Å². The fourth-order valence-corrected chi connectivity index (χ4v) is 4.86. The van der Waals surface area contributed by atoms with Crippen LogP contribution in [-0.2, 0) is 16.2 Å². The monoisotopic (exact) mass is 368 g/mol. The molecule has 1 aliphatic rings. The fraction of sp³-hybridized carbons (Fsp3) is 0.600. The van der Waals surface area contributed by atoms with Gasteiger partial charge in [-0.05, 0) is 50.6 Å². The Morgan fingerprint density at radius 1 is 1.25 bits per heavy atom. The van der Waals surface area contributed by atoms with E-state index in [0.29, 0.717) is 38.4 Å². The number of hydrogen-bond acceptors (Lipinski definition) is 3. The highest BCUT2D eigenvalue weighted by Crippen LogP contribution is 2.36. The smallest absolute Gasteiger partial charge is 0.317 e. The second-order valence-corrected chi connectivity index (χ2v) is 7.59. The van der Waals surface area contributed by atoms with Gasteiger partial charge in [0.05, 0.1) is 10.5 Å². The Morgan fingerprint density at radius 2 is 1.88 bits per heavy atom. The number of hydrogen-bond donors (Lipinski definition) is 1. The molecule has 1 fully saturated rings. The lowest BCUT2D eigenvalue weighted by Crippen LogP contribution is -2.46. The van der Waals surface area contributed by atoms with Crippen LogP contribution >= 0.6 is 0 Å². The number of halogens is 4. The van der Waals surface area contributed by atoms with Crippen molar-refractivity contribution in [3.05, 3.63) is 29.6 Å². The lowest BCUT2D eigenvalue weighted by molar-refractivity contribution is -0.140. The largest absolute Gasteiger partial charge is 0.417 e. The minimum atomic E-state index is -4.95. The Kier molecular flexibility index (Phi) is 5.87. The molecule has 0 atom stereocenters. The van der Waals surface area contributed by atoms with Crippen LogP contribution in [0, 0.1) is 5.82 Å². The molecule has 0 radical (unpaired) electrons. The van der Waals surface area contributed by atoms with Crippen molar-refractivity contribution in [3.63, 3.8) is 0 Å². The summed E-state index contributed by atoms with van der Waals surface area (Å²) in [7, 11) is -4.37. The van der Waals surface area contributed by atoms with Crippen molar-refractivity contribution in [3.8, 4) is 0 Å². The maximum absolute atomic E-state index is 13.3. The first-order valence-corrected chi connectivity index (χ1v) is 9.21. The first-order chi connectivity index (χ1) is 11.2. The molecule has 0 amide bonds. The molecule has 0 aromatic heterocycles. The van der Waals surface area contributed by atoms with E-state index in [2.05, 4.69) is 5.32 Å². The zero-order chi connectivity index (χ0) is 18.0. The molecule has 1 aromatic rings. The van der Waals surface area contributed by atoms with E-state index in [1.807, 2.05) is 0 Å². The van der Waals surface area contributed by atoms with E-state index < -0.39 is 32.5 Å². The van der Waals surface area contributed by atoms with Gasteiger partial charge in [0.1, 0.15) is 5.82 Å². The zero-order valence-corrected chi connectivity index (χ0v) is 14.1. The molecule has 24 heavy (non-hydrogen) atoms. The summed E-state index contributed by atoms with van der Waals surface area (Å²) in [5, 5.41) is 3.09. The number of rotatable bonds is 5. The van der Waals surface area contributed by atoms with Gasteiger partial charge in [-0.2, -0.15) is 17.5 Å². The fourth-order valence-electron chi connectivity index (χ4n) is 2.89. The summed E-state index contributed by atoms with van der Waals surface area (Å²) < 4.78 is 79.7.